The molecular formula is C16H18ClN3OS2. The molecule has 0 fully saturated rings. The first-order chi connectivity index (χ1) is 11.1. The van der Waals surface area contributed by atoms with Crippen molar-refractivity contribution in [3.8, 4) is 0 Å². The number of thiocarbonyl (C=S) groups is 1. The molecule has 1 heterocycles. The Morgan fingerprint density at radius 1 is 1.35 bits per heavy atom. The first kappa shape index (κ1) is 18.0. The maximum absolute atomic E-state index is 5.92. The smallest absolute Gasteiger partial charge is 0.171 e. The molecule has 0 saturated carbocycles. The minimum absolute atomic E-state index is 0.129. The van der Waals surface area contributed by atoms with Gasteiger partial charge in [0.15, 0.2) is 5.11 Å². The topological polar surface area (TPSA) is 46.2 Å². The molecule has 0 saturated heterocycles. The Morgan fingerprint density at radius 3 is 2.78 bits per heavy atom. The van der Waals surface area contributed by atoms with Gasteiger partial charge in [-0.3, -0.25) is 0 Å². The van der Waals surface area contributed by atoms with Gasteiger partial charge in [0.25, 0.3) is 0 Å². The van der Waals surface area contributed by atoms with Crippen molar-refractivity contribution in [2.24, 2.45) is 0 Å². The Hall–Kier alpha value is -1.34. The van der Waals surface area contributed by atoms with E-state index in [9.17, 15) is 0 Å². The Balaban J connectivity index is 2.05. The van der Waals surface area contributed by atoms with Crippen LogP contribution in [-0.2, 0) is 4.74 Å². The van der Waals surface area contributed by atoms with Crippen molar-refractivity contribution in [2.45, 2.75) is 22.9 Å². The molecule has 1 aromatic heterocycles. The molecular weight excluding hydrogens is 350 g/mol. The van der Waals surface area contributed by atoms with E-state index in [-0.39, 0.29) is 6.04 Å². The van der Waals surface area contributed by atoms with Crippen molar-refractivity contribution in [2.75, 3.05) is 19.0 Å². The number of hydrogen-bond donors (Lipinski definition) is 2. The highest BCUT2D eigenvalue weighted by atomic mass is 35.5. The van der Waals surface area contributed by atoms with Gasteiger partial charge in [0.1, 0.15) is 5.03 Å². The summed E-state index contributed by atoms with van der Waals surface area (Å²) in [7, 11) is 1.66. The van der Waals surface area contributed by atoms with Crippen LogP contribution in [0, 0.1) is 0 Å². The molecule has 0 amide bonds. The molecule has 1 aromatic carbocycles. The standard InChI is InChI=1S/C16H18ClN3OS2/c1-11(10-21-2)19-16(22)20-14-4-3-9-18-15(14)23-13-7-5-12(17)6-8-13/h3-9,11H,10H2,1-2H3,(H2,19,20,22). The highest BCUT2D eigenvalue weighted by Crippen LogP contribution is 2.32. The van der Waals surface area contributed by atoms with Gasteiger partial charge in [-0.15, -0.1) is 0 Å². The van der Waals surface area contributed by atoms with Crippen LogP contribution < -0.4 is 10.6 Å². The number of benzene rings is 1. The van der Waals surface area contributed by atoms with E-state index in [1.807, 2.05) is 43.3 Å². The number of halogens is 1. The minimum atomic E-state index is 0.129. The van der Waals surface area contributed by atoms with Crippen molar-refractivity contribution < 1.29 is 4.74 Å². The molecule has 1 atom stereocenters. The lowest BCUT2D eigenvalue weighted by molar-refractivity contribution is 0.179. The fourth-order valence-electron chi connectivity index (χ4n) is 1.86. The third kappa shape index (κ3) is 5.99. The Labute approximate surface area is 151 Å². The van der Waals surface area contributed by atoms with Gasteiger partial charge in [0.2, 0.25) is 0 Å². The average molecular weight is 368 g/mol. The molecule has 1 unspecified atom stereocenters. The van der Waals surface area contributed by atoms with Crippen molar-refractivity contribution in [3.05, 3.63) is 47.6 Å². The Bertz CT molecular complexity index is 652. The minimum Gasteiger partial charge on any atom is -0.383 e. The maximum atomic E-state index is 5.92. The quantitative estimate of drug-likeness (QED) is 0.746. The Kier molecular flexibility index (Phi) is 7.11. The van der Waals surface area contributed by atoms with Crippen LogP contribution in [0.4, 0.5) is 5.69 Å². The maximum Gasteiger partial charge on any atom is 0.171 e. The van der Waals surface area contributed by atoms with Gasteiger partial charge in [-0.2, -0.15) is 0 Å². The molecule has 2 rings (SSSR count). The molecule has 4 nitrogen and oxygen atoms in total. The highest BCUT2D eigenvalue weighted by Gasteiger charge is 2.09. The van der Waals surface area contributed by atoms with Crippen LogP contribution in [0.15, 0.2) is 52.5 Å². The number of hydrogen-bond acceptors (Lipinski definition) is 4. The number of nitrogens with zero attached hydrogens (tertiary/aromatic N) is 1. The van der Waals surface area contributed by atoms with Crippen molar-refractivity contribution >= 4 is 46.4 Å². The predicted octanol–water partition coefficient (Wildman–Crippen LogP) is 4.21. The summed E-state index contributed by atoms with van der Waals surface area (Å²) in [6.45, 7) is 2.59. The number of aromatic nitrogens is 1. The number of ether oxygens (including phenoxy) is 1. The molecule has 0 aliphatic rings. The summed E-state index contributed by atoms with van der Waals surface area (Å²) >= 11 is 12.8. The van der Waals surface area contributed by atoms with Crippen LogP contribution in [0.1, 0.15) is 6.92 Å². The van der Waals surface area contributed by atoms with E-state index in [1.165, 1.54) is 0 Å². The van der Waals surface area contributed by atoms with Gasteiger partial charge in [0, 0.05) is 29.3 Å². The van der Waals surface area contributed by atoms with Crippen LogP contribution >= 0.6 is 35.6 Å². The van der Waals surface area contributed by atoms with Crippen molar-refractivity contribution in [1.82, 2.24) is 10.3 Å². The summed E-state index contributed by atoms with van der Waals surface area (Å²) in [5.74, 6) is 0. The zero-order chi connectivity index (χ0) is 16.7. The largest absolute Gasteiger partial charge is 0.383 e. The first-order valence-electron chi connectivity index (χ1n) is 7.03. The summed E-state index contributed by atoms with van der Waals surface area (Å²) in [4.78, 5) is 5.48. The second-order valence-electron chi connectivity index (χ2n) is 4.87. The number of pyridine rings is 1. The van der Waals surface area contributed by atoms with E-state index in [4.69, 9.17) is 28.6 Å². The van der Waals surface area contributed by atoms with E-state index in [0.29, 0.717) is 16.7 Å². The van der Waals surface area contributed by atoms with Gasteiger partial charge in [-0.05, 0) is 55.5 Å². The fourth-order valence-corrected chi connectivity index (χ4v) is 3.13. The van der Waals surface area contributed by atoms with Crippen LogP contribution in [-0.4, -0.2) is 29.9 Å². The van der Waals surface area contributed by atoms with Crippen LogP contribution in [0.25, 0.3) is 0 Å². The van der Waals surface area contributed by atoms with E-state index < -0.39 is 0 Å². The van der Waals surface area contributed by atoms with Crippen molar-refractivity contribution in [3.63, 3.8) is 0 Å². The molecule has 0 spiro atoms. The van der Waals surface area contributed by atoms with E-state index >= 15 is 0 Å². The summed E-state index contributed by atoms with van der Waals surface area (Å²) in [6, 6.07) is 11.6. The van der Waals surface area contributed by atoms with Gasteiger partial charge in [0.05, 0.1) is 12.3 Å². The number of nitrogens with one attached hydrogen (secondary N) is 2. The second-order valence-corrected chi connectivity index (χ2v) is 6.77. The molecule has 0 radical (unpaired) electrons. The molecule has 2 N–H and O–H groups in total. The first-order valence-corrected chi connectivity index (χ1v) is 8.63. The third-order valence-electron chi connectivity index (χ3n) is 2.84. The monoisotopic (exact) mass is 367 g/mol. The number of methoxy groups -OCH3 is 1. The lowest BCUT2D eigenvalue weighted by atomic mass is 10.4. The molecule has 0 aliphatic heterocycles. The summed E-state index contributed by atoms with van der Waals surface area (Å²) in [6.07, 6.45) is 1.76. The van der Waals surface area contributed by atoms with Crippen LogP contribution in [0.3, 0.4) is 0 Å². The van der Waals surface area contributed by atoms with E-state index in [2.05, 4.69) is 15.6 Å². The molecule has 7 heteroatoms. The molecule has 122 valence electrons. The molecule has 2 aromatic rings. The lowest BCUT2D eigenvalue weighted by Gasteiger charge is -2.17. The summed E-state index contributed by atoms with van der Waals surface area (Å²) in [5.41, 5.74) is 0.856. The van der Waals surface area contributed by atoms with Crippen LogP contribution in [0.5, 0.6) is 0 Å². The summed E-state index contributed by atoms with van der Waals surface area (Å²) in [5, 5.41) is 8.46. The van der Waals surface area contributed by atoms with Crippen LogP contribution in [0.2, 0.25) is 5.02 Å². The van der Waals surface area contributed by atoms with E-state index in [0.717, 1.165) is 15.6 Å². The average Bonchev–Trinajstić information content (AvgIpc) is 2.51. The predicted molar refractivity (Wildman–Crippen MR) is 101 cm³/mol. The number of rotatable bonds is 6. The normalized spacial score (nSPS) is 11.8. The van der Waals surface area contributed by atoms with Crippen molar-refractivity contribution in [1.29, 1.82) is 0 Å². The second kappa shape index (κ2) is 9.08. The Morgan fingerprint density at radius 2 is 2.09 bits per heavy atom. The van der Waals surface area contributed by atoms with Gasteiger partial charge < -0.3 is 15.4 Å². The van der Waals surface area contributed by atoms with Gasteiger partial charge in [-0.25, -0.2) is 4.98 Å². The number of anilines is 1. The fraction of sp³-hybridized carbons (Fsp3) is 0.250. The van der Waals surface area contributed by atoms with E-state index in [1.54, 1.807) is 25.1 Å². The summed E-state index contributed by atoms with van der Waals surface area (Å²) < 4.78 is 5.09. The lowest BCUT2D eigenvalue weighted by Crippen LogP contribution is -2.38. The highest BCUT2D eigenvalue weighted by molar-refractivity contribution is 7.99. The molecule has 0 aliphatic carbocycles. The van der Waals surface area contributed by atoms with Gasteiger partial charge >= 0.3 is 0 Å². The molecule has 23 heavy (non-hydrogen) atoms. The zero-order valence-corrected chi connectivity index (χ0v) is 15.3. The van der Waals surface area contributed by atoms with Gasteiger partial charge in [-0.1, -0.05) is 23.4 Å². The SMILES string of the molecule is COCC(C)NC(=S)Nc1cccnc1Sc1ccc(Cl)cc1. The molecule has 0 bridgehead atoms. The third-order valence-corrected chi connectivity index (χ3v) is 4.34. The zero-order valence-electron chi connectivity index (χ0n) is 12.9.